The first-order valence-corrected chi connectivity index (χ1v) is 9.26. The van der Waals surface area contributed by atoms with Gasteiger partial charge >= 0.3 is 0 Å². The smallest absolute Gasteiger partial charge is 0.269 e. The molecular formula is C19H17ClN2O3S. The van der Waals surface area contributed by atoms with Crippen LogP contribution in [0.5, 0.6) is 0 Å². The van der Waals surface area contributed by atoms with Crippen LogP contribution < -0.4 is 5.32 Å². The van der Waals surface area contributed by atoms with Crippen LogP contribution in [-0.2, 0) is 0 Å². The van der Waals surface area contributed by atoms with Crippen LogP contribution in [-0.4, -0.2) is 10.0 Å². The Morgan fingerprint density at radius 2 is 1.81 bits per heavy atom. The van der Waals surface area contributed by atoms with Gasteiger partial charge in [0.1, 0.15) is 0 Å². The summed E-state index contributed by atoms with van der Waals surface area (Å²) in [4.78, 5) is 11.4. The molecule has 0 amide bonds. The van der Waals surface area contributed by atoms with Crippen LogP contribution in [0.3, 0.4) is 0 Å². The Bertz CT molecular complexity index is 852. The van der Waals surface area contributed by atoms with E-state index in [0.29, 0.717) is 11.4 Å². The minimum absolute atomic E-state index is 0.0458. The van der Waals surface area contributed by atoms with Gasteiger partial charge < -0.3 is 10.4 Å². The lowest BCUT2D eigenvalue weighted by Crippen LogP contribution is -2.13. The van der Waals surface area contributed by atoms with E-state index < -0.39 is 11.0 Å². The summed E-state index contributed by atoms with van der Waals surface area (Å²) < 4.78 is 0. The number of nitro benzene ring substituents is 1. The van der Waals surface area contributed by atoms with E-state index in [1.807, 2.05) is 29.6 Å². The Morgan fingerprint density at radius 3 is 2.38 bits per heavy atom. The summed E-state index contributed by atoms with van der Waals surface area (Å²) in [6.45, 7) is 0. The first-order valence-electron chi connectivity index (χ1n) is 8.01. The summed E-state index contributed by atoms with van der Waals surface area (Å²) in [5, 5.41) is 27.4. The van der Waals surface area contributed by atoms with Gasteiger partial charge in [0.15, 0.2) is 0 Å². The molecule has 3 aromatic rings. The summed E-state index contributed by atoms with van der Waals surface area (Å²) >= 11 is 7.50. The second-order valence-electron chi connectivity index (χ2n) is 5.82. The Labute approximate surface area is 160 Å². The molecule has 0 saturated heterocycles. The van der Waals surface area contributed by atoms with Crippen LogP contribution in [0.4, 0.5) is 11.4 Å². The SMILES string of the molecule is O=[N+]([O-])c1ccc(NC(CC(O)c2ccc(Cl)cc2)c2cccs2)cc1. The molecule has 3 rings (SSSR count). The zero-order chi connectivity index (χ0) is 18.5. The van der Waals surface area contributed by atoms with Gasteiger partial charge in [0.25, 0.3) is 5.69 Å². The van der Waals surface area contributed by atoms with Gasteiger partial charge in [-0.3, -0.25) is 10.1 Å². The zero-order valence-electron chi connectivity index (χ0n) is 13.7. The predicted molar refractivity (Wildman–Crippen MR) is 105 cm³/mol. The number of thiophene rings is 1. The van der Waals surface area contributed by atoms with Gasteiger partial charge in [0.05, 0.1) is 17.1 Å². The van der Waals surface area contributed by atoms with Crippen molar-refractivity contribution >= 4 is 34.3 Å². The molecule has 0 saturated carbocycles. The number of nitrogens with one attached hydrogen (secondary N) is 1. The molecule has 2 atom stereocenters. The fourth-order valence-corrected chi connectivity index (χ4v) is 3.58. The molecule has 0 fully saturated rings. The van der Waals surface area contributed by atoms with E-state index in [4.69, 9.17) is 11.6 Å². The number of aliphatic hydroxyl groups is 1. The number of anilines is 1. The molecule has 0 radical (unpaired) electrons. The second kappa shape index (κ2) is 8.31. The van der Waals surface area contributed by atoms with Crippen molar-refractivity contribution in [2.45, 2.75) is 18.6 Å². The van der Waals surface area contributed by atoms with E-state index in [-0.39, 0.29) is 11.7 Å². The van der Waals surface area contributed by atoms with Crippen molar-refractivity contribution in [2.75, 3.05) is 5.32 Å². The lowest BCUT2D eigenvalue weighted by Gasteiger charge is -2.22. The third-order valence-electron chi connectivity index (χ3n) is 4.02. The second-order valence-corrected chi connectivity index (χ2v) is 7.24. The number of non-ortho nitro benzene ring substituents is 1. The minimum atomic E-state index is -0.662. The fraction of sp³-hybridized carbons (Fsp3) is 0.158. The molecule has 2 unspecified atom stereocenters. The summed E-state index contributed by atoms with van der Waals surface area (Å²) in [6.07, 6.45) is -0.205. The molecule has 134 valence electrons. The molecule has 1 aromatic heterocycles. The molecule has 1 heterocycles. The first-order chi connectivity index (χ1) is 12.5. The highest BCUT2D eigenvalue weighted by Gasteiger charge is 2.19. The van der Waals surface area contributed by atoms with E-state index >= 15 is 0 Å². The standard InChI is InChI=1S/C19H17ClN2O3S/c20-14-5-3-13(4-6-14)18(23)12-17(19-2-1-11-26-19)21-15-7-9-16(10-8-15)22(24)25/h1-11,17-18,21,23H,12H2. The Morgan fingerprint density at radius 1 is 1.12 bits per heavy atom. The number of nitro groups is 1. The molecule has 0 aliphatic rings. The zero-order valence-corrected chi connectivity index (χ0v) is 15.3. The van der Waals surface area contributed by atoms with E-state index in [1.54, 1.807) is 35.6 Å². The Kier molecular flexibility index (Phi) is 5.88. The van der Waals surface area contributed by atoms with Gasteiger partial charge in [0, 0.05) is 34.1 Å². The largest absolute Gasteiger partial charge is 0.388 e. The minimum Gasteiger partial charge on any atom is -0.388 e. The van der Waals surface area contributed by atoms with Crippen molar-refractivity contribution in [3.63, 3.8) is 0 Å². The molecule has 0 bridgehead atoms. The van der Waals surface area contributed by atoms with Gasteiger partial charge in [-0.15, -0.1) is 11.3 Å². The van der Waals surface area contributed by atoms with Gasteiger partial charge in [-0.05, 0) is 41.3 Å². The maximum Gasteiger partial charge on any atom is 0.269 e. The summed E-state index contributed by atoms with van der Waals surface area (Å²) in [5.74, 6) is 0. The Hall–Kier alpha value is -2.41. The van der Waals surface area contributed by atoms with Crippen LogP contribution in [0.15, 0.2) is 66.0 Å². The van der Waals surface area contributed by atoms with Gasteiger partial charge in [-0.25, -0.2) is 0 Å². The fourth-order valence-electron chi connectivity index (χ4n) is 2.66. The lowest BCUT2D eigenvalue weighted by molar-refractivity contribution is -0.384. The van der Waals surface area contributed by atoms with E-state index in [1.165, 1.54) is 12.1 Å². The van der Waals surface area contributed by atoms with Crippen molar-refractivity contribution in [3.05, 3.63) is 91.6 Å². The third kappa shape index (κ3) is 4.60. The van der Waals surface area contributed by atoms with Crippen LogP contribution in [0.1, 0.15) is 29.0 Å². The number of rotatable bonds is 7. The number of halogens is 1. The van der Waals surface area contributed by atoms with Crippen molar-refractivity contribution in [1.29, 1.82) is 0 Å². The summed E-state index contributed by atoms with van der Waals surface area (Å²) in [7, 11) is 0. The molecule has 2 aromatic carbocycles. The maximum atomic E-state index is 10.8. The highest BCUT2D eigenvalue weighted by molar-refractivity contribution is 7.10. The number of benzene rings is 2. The molecule has 0 spiro atoms. The highest BCUT2D eigenvalue weighted by atomic mass is 35.5. The molecule has 26 heavy (non-hydrogen) atoms. The summed E-state index contributed by atoms with van der Waals surface area (Å²) in [5.41, 5.74) is 1.60. The van der Waals surface area contributed by atoms with Crippen molar-refractivity contribution in [1.82, 2.24) is 0 Å². The Balaban J connectivity index is 1.77. The number of nitrogens with zero attached hydrogens (tertiary/aromatic N) is 1. The number of hydrogen-bond acceptors (Lipinski definition) is 5. The molecule has 2 N–H and O–H groups in total. The molecular weight excluding hydrogens is 372 g/mol. The maximum absolute atomic E-state index is 10.8. The average molecular weight is 389 g/mol. The number of aliphatic hydroxyl groups excluding tert-OH is 1. The van der Waals surface area contributed by atoms with E-state index in [0.717, 1.165) is 16.1 Å². The first kappa shape index (κ1) is 18.4. The molecule has 5 nitrogen and oxygen atoms in total. The monoisotopic (exact) mass is 388 g/mol. The number of hydrogen-bond donors (Lipinski definition) is 2. The lowest BCUT2D eigenvalue weighted by atomic mass is 10.0. The van der Waals surface area contributed by atoms with Crippen LogP contribution in [0.25, 0.3) is 0 Å². The third-order valence-corrected chi connectivity index (χ3v) is 5.26. The van der Waals surface area contributed by atoms with E-state index in [9.17, 15) is 15.2 Å². The van der Waals surface area contributed by atoms with Crippen molar-refractivity contribution < 1.29 is 10.0 Å². The highest BCUT2D eigenvalue weighted by Crippen LogP contribution is 2.32. The van der Waals surface area contributed by atoms with Gasteiger partial charge in [-0.2, -0.15) is 0 Å². The van der Waals surface area contributed by atoms with Crippen molar-refractivity contribution in [3.8, 4) is 0 Å². The normalized spacial score (nSPS) is 13.2. The van der Waals surface area contributed by atoms with Crippen LogP contribution in [0.2, 0.25) is 5.02 Å². The molecule has 0 aliphatic carbocycles. The van der Waals surface area contributed by atoms with E-state index in [2.05, 4.69) is 5.32 Å². The van der Waals surface area contributed by atoms with Crippen molar-refractivity contribution in [2.24, 2.45) is 0 Å². The van der Waals surface area contributed by atoms with Crippen LogP contribution >= 0.6 is 22.9 Å². The van der Waals surface area contributed by atoms with Crippen LogP contribution in [0, 0.1) is 10.1 Å². The average Bonchev–Trinajstić information content (AvgIpc) is 3.16. The quantitative estimate of drug-likeness (QED) is 0.408. The molecule has 7 heteroatoms. The summed E-state index contributed by atoms with van der Waals surface area (Å²) in [6, 6.07) is 17.2. The van der Waals surface area contributed by atoms with Gasteiger partial charge in [0.2, 0.25) is 0 Å². The predicted octanol–water partition coefficient (Wildman–Crippen LogP) is 5.59. The topological polar surface area (TPSA) is 75.4 Å². The molecule has 0 aliphatic heterocycles. The van der Waals surface area contributed by atoms with Gasteiger partial charge in [-0.1, -0.05) is 29.8 Å².